The summed E-state index contributed by atoms with van der Waals surface area (Å²) in [6.45, 7) is 13.5. The smallest absolute Gasteiger partial charge is 0.0705 e. The highest BCUT2D eigenvalue weighted by Gasteiger charge is 2.47. The molecule has 0 atom stereocenters. The van der Waals surface area contributed by atoms with E-state index in [2.05, 4.69) is 224 Å². The third-order valence-electron chi connectivity index (χ3n) is 14.1. The van der Waals surface area contributed by atoms with E-state index in [0.717, 1.165) is 86.8 Å². The zero-order chi connectivity index (χ0) is 49.7. The summed E-state index contributed by atoms with van der Waals surface area (Å²) >= 11 is 0. The van der Waals surface area contributed by atoms with Crippen LogP contribution in [-0.2, 0) is 0 Å². The second-order valence-electron chi connectivity index (χ2n) is 20.7. The molecule has 1 aliphatic rings. The molecule has 3 heterocycles. The fourth-order valence-electron chi connectivity index (χ4n) is 11.0. The van der Waals surface area contributed by atoms with Crippen LogP contribution in [0.2, 0.25) is 0 Å². The Morgan fingerprint density at radius 2 is 0.583 bits per heavy atom. The Hall–Kier alpha value is -8.22. The largest absolute Gasteiger partial charge is 0.261 e. The minimum atomic E-state index is -0.261. The maximum Gasteiger partial charge on any atom is 0.0705 e. The molecule has 0 aliphatic heterocycles. The van der Waals surface area contributed by atoms with Gasteiger partial charge in [-0.25, -0.2) is 0 Å². The first-order chi connectivity index (χ1) is 34.9. The lowest BCUT2D eigenvalue weighted by molar-refractivity contribution is 0.121. The van der Waals surface area contributed by atoms with Crippen molar-refractivity contribution >= 4 is 35.7 Å². The number of aromatic nitrogens is 3. The Balaban J connectivity index is 0.892. The van der Waals surface area contributed by atoms with Crippen LogP contribution in [0.25, 0.3) is 67.2 Å². The van der Waals surface area contributed by atoms with Crippen LogP contribution in [0.15, 0.2) is 216 Å². The number of hydrogen-bond acceptors (Lipinski definition) is 6. The van der Waals surface area contributed by atoms with Crippen molar-refractivity contribution in [3.8, 4) is 67.2 Å². The topological polar surface area (TPSA) is 75.8 Å². The molecule has 1 fully saturated rings. The molecule has 6 nitrogen and oxygen atoms in total. The lowest BCUT2D eigenvalue weighted by atomic mass is 9.55. The number of hydrogen-bond donors (Lipinski definition) is 0. The average Bonchev–Trinajstić information content (AvgIpc) is 3.40. The number of rotatable bonds is 12. The molecule has 3 aromatic heterocycles. The van der Waals surface area contributed by atoms with Gasteiger partial charge in [0.1, 0.15) is 0 Å². The van der Waals surface area contributed by atoms with Crippen molar-refractivity contribution in [1.82, 2.24) is 15.0 Å². The van der Waals surface area contributed by atoms with Crippen LogP contribution in [0, 0.1) is 37.0 Å². The average molecular weight is 937 g/mol. The van der Waals surface area contributed by atoms with Crippen LogP contribution < -0.4 is 0 Å². The first-order valence-electron chi connectivity index (χ1n) is 24.9. The van der Waals surface area contributed by atoms with E-state index in [1.807, 2.05) is 36.8 Å². The molecule has 0 spiro atoms. The predicted molar refractivity (Wildman–Crippen MR) is 302 cm³/mol. The zero-order valence-corrected chi connectivity index (χ0v) is 42.1. The van der Waals surface area contributed by atoms with E-state index in [-0.39, 0.29) is 16.2 Å². The summed E-state index contributed by atoms with van der Waals surface area (Å²) in [4.78, 5) is 30.1. The predicted octanol–water partition coefficient (Wildman–Crippen LogP) is 17.5. The highest BCUT2D eigenvalue weighted by molar-refractivity contribution is 5.80. The Morgan fingerprint density at radius 1 is 0.333 bits per heavy atom. The maximum absolute atomic E-state index is 5.16. The molecule has 1 aliphatic carbocycles. The van der Waals surface area contributed by atoms with Gasteiger partial charge in [-0.1, -0.05) is 148 Å². The molecule has 0 saturated heterocycles. The standard InChI is InChI=1S/C66H60N6/c1-46-34-61(67-37-58(46)49-16-10-7-11-17-49)52-22-28-55(29-23-52)70-43-64(4)40-65(5,44-71-56-30-24-53(25-31-56)62-35-47(2)59(38-68-62)50-18-12-8-13-19-50)42-66(6,41-64)45-72-57-32-26-54(27-33-57)63-36-48(3)60(39-69-63)51-20-14-9-15-21-51/h7-39,43-45H,40-42H2,1-6H3. The van der Waals surface area contributed by atoms with Gasteiger partial charge in [0.25, 0.3) is 0 Å². The van der Waals surface area contributed by atoms with Crippen LogP contribution in [0.4, 0.5) is 17.1 Å². The van der Waals surface area contributed by atoms with Crippen LogP contribution in [-0.4, -0.2) is 33.6 Å². The molecule has 0 unspecified atom stereocenters. The fraction of sp³-hybridized carbons (Fsp3) is 0.182. The van der Waals surface area contributed by atoms with Crippen LogP contribution >= 0.6 is 0 Å². The first-order valence-corrected chi connectivity index (χ1v) is 24.9. The molecule has 0 radical (unpaired) electrons. The van der Waals surface area contributed by atoms with E-state index in [0.29, 0.717) is 0 Å². The van der Waals surface area contributed by atoms with E-state index in [1.54, 1.807) is 0 Å². The zero-order valence-electron chi connectivity index (χ0n) is 42.1. The minimum absolute atomic E-state index is 0.261. The van der Waals surface area contributed by atoms with Crippen molar-refractivity contribution in [3.63, 3.8) is 0 Å². The van der Waals surface area contributed by atoms with Crippen LogP contribution in [0.5, 0.6) is 0 Å². The van der Waals surface area contributed by atoms with E-state index < -0.39 is 0 Å². The van der Waals surface area contributed by atoms with Crippen molar-refractivity contribution in [2.75, 3.05) is 0 Å². The third-order valence-corrected chi connectivity index (χ3v) is 14.1. The third kappa shape index (κ3) is 10.9. The lowest BCUT2D eigenvalue weighted by Crippen LogP contribution is -2.44. The van der Waals surface area contributed by atoms with Crippen molar-refractivity contribution < 1.29 is 0 Å². The molecular weight excluding hydrogens is 877 g/mol. The van der Waals surface area contributed by atoms with Crippen LogP contribution in [0.1, 0.15) is 56.7 Å². The van der Waals surface area contributed by atoms with Gasteiger partial charge in [0.2, 0.25) is 0 Å². The van der Waals surface area contributed by atoms with Gasteiger partial charge in [0, 0.05) is 86.9 Å². The molecule has 0 bridgehead atoms. The highest BCUT2D eigenvalue weighted by atomic mass is 14.8. The molecule has 6 aromatic carbocycles. The molecule has 10 rings (SSSR count). The molecule has 354 valence electrons. The molecule has 6 heteroatoms. The first kappa shape index (κ1) is 47.5. The fourth-order valence-corrected chi connectivity index (χ4v) is 11.0. The SMILES string of the molecule is Cc1cc(-c2ccc(N=CC3(C)CC(C)(C=Nc4ccc(-c5cc(C)c(-c6ccccc6)cn5)cc4)CC(C)(C=Nc4ccc(-c5cc(C)c(-c6ccccc6)cn5)cc4)C3)cc2)ncc1-c1ccccc1. The number of aliphatic imine (C=N–C) groups is 3. The Labute approximate surface area is 425 Å². The summed E-state index contributed by atoms with van der Waals surface area (Å²) in [7, 11) is 0. The molecule has 1 saturated carbocycles. The van der Waals surface area contributed by atoms with E-state index in [1.165, 1.54) is 33.4 Å². The monoisotopic (exact) mass is 936 g/mol. The van der Waals surface area contributed by atoms with Crippen molar-refractivity contribution in [2.24, 2.45) is 31.2 Å². The van der Waals surface area contributed by atoms with Crippen LogP contribution in [0.3, 0.4) is 0 Å². The summed E-state index contributed by atoms with van der Waals surface area (Å²) in [5, 5.41) is 0. The van der Waals surface area contributed by atoms with Crippen molar-refractivity contribution in [2.45, 2.75) is 60.8 Å². The van der Waals surface area contributed by atoms with Gasteiger partial charge in [0.05, 0.1) is 34.1 Å². The van der Waals surface area contributed by atoms with Gasteiger partial charge in [-0.2, -0.15) is 0 Å². The Kier molecular flexibility index (Phi) is 13.3. The van der Waals surface area contributed by atoms with Gasteiger partial charge < -0.3 is 0 Å². The van der Waals surface area contributed by atoms with Gasteiger partial charge in [-0.05, 0) is 128 Å². The van der Waals surface area contributed by atoms with E-state index >= 15 is 0 Å². The Morgan fingerprint density at radius 3 is 0.819 bits per heavy atom. The lowest BCUT2D eigenvalue weighted by Gasteiger charge is -2.49. The number of benzene rings is 6. The van der Waals surface area contributed by atoms with E-state index in [9.17, 15) is 0 Å². The van der Waals surface area contributed by atoms with Crippen molar-refractivity contribution in [3.05, 3.63) is 217 Å². The quantitative estimate of drug-likeness (QED) is 0.115. The summed E-state index contributed by atoms with van der Waals surface area (Å²) in [6.07, 6.45) is 15.1. The molecule has 0 N–H and O–H groups in total. The maximum atomic E-state index is 5.16. The van der Waals surface area contributed by atoms with Gasteiger partial charge in [0.15, 0.2) is 0 Å². The van der Waals surface area contributed by atoms with Crippen molar-refractivity contribution in [1.29, 1.82) is 0 Å². The van der Waals surface area contributed by atoms with Gasteiger partial charge in [-0.15, -0.1) is 0 Å². The highest BCUT2D eigenvalue weighted by Crippen LogP contribution is 2.53. The Bertz CT molecular complexity index is 3040. The summed E-state index contributed by atoms with van der Waals surface area (Å²) in [5.41, 5.74) is 18.5. The van der Waals surface area contributed by atoms with Gasteiger partial charge >= 0.3 is 0 Å². The second kappa shape index (κ2) is 20.2. The number of aryl methyl sites for hydroxylation is 3. The second-order valence-corrected chi connectivity index (χ2v) is 20.7. The van der Waals surface area contributed by atoms with E-state index in [4.69, 9.17) is 29.9 Å². The number of pyridine rings is 3. The normalized spacial score (nSPS) is 19.1. The molecule has 72 heavy (non-hydrogen) atoms. The summed E-state index contributed by atoms with van der Waals surface area (Å²) < 4.78 is 0. The minimum Gasteiger partial charge on any atom is -0.261 e. The number of nitrogens with zero attached hydrogens (tertiary/aromatic N) is 6. The molecule has 9 aromatic rings. The summed E-state index contributed by atoms with van der Waals surface area (Å²) in [6, 6.07) is 63.1. The summed E-state index contributed by atoms with van der Waals surface area (Å²) in [5.74, 6) is 0. The van der Waals surface area contributed by atoms with Gasteiger partial charge in [-0.3, -0.25) is 29.9 Å². The molecule has 0 amide bonds. The molecular formula is C66H60N6.